The van der Waals surface area contributed by atoms with E-state index >= 15 is 0 Å². The number of carbonyl (C=O) groups excluding carboxylic acids is 1. The van der Waals surface area contributed by atoms with Crippen LogP contribution in [-0.4, -0.2) is 26.2 Å². The molecule has 1 N–H and O–H groups in total. The Morgan fingerprint density at radius 2 is 1.94 bits per heavy atom. The zero-order chi connectivity index (χ0) is 12.8. The molecule has 0 saturated carbocycles. The molecule has 0 aliphatic carbocycles. The molecular formula is C13H19NO3. The van der Waals surface area contributed by atoms with Gasteiger partial charge in [0, 0.05) is 13.0 Å². The van der Waals surface area contributed by atoms with E-state index in [1.165, 1.54) is 6.92 Å². The fraction of sp³-hybridized carbons (Fsp3) is 0.462. The van der Waals surface area contributed by atoms with Gasteiger partial charge >= 0.3 is 0 Å². The minimum absolute atomic E-state index is 0.0158. The van der Waals surface area contributed by atoms with Crippen LogP contribution in [0, 0.1) is 0 Å². The zero-order valence-electron chi connectivity index (χ0n) is 10.7. The Balaban J connectivity index is 2.75. The van der Waals surface area contributed by atoms with E-state index in [2.05, 4.69) is 5.32 Å². The predicted octanol–water partition coefficient (Wildman–Crippen LogP) is 1.77. The molecule has 0 aromatic heterocycles. The summed E-state index contributed by atoms with van der Waals surface area (Å²) in [6.45, 7) is 3.49. The summed E-state index contributed by atoms with van der Waals surface area (Å²) in [4.78, 5) is 10.9. The summed E-state index contributed by atoms with van der Waals surface area (Å²) < 4.78 is 10.4. The molecule has 17 heavy (non-hydrogen) atoms. The van der Waals surface area contributed by atoms with E-state index in [0.717, 1.165) is 12.0 Å². The van der Waals surface area contributed by atoms with E-state index in [1.807, 2.05) is 25.1 Å². The normalized spacial score (nSPS) is 11.8. The molecule has 0 fully saturated rings. The lowest BCUT2D eigenvalue weighted by Crippen LogP contribution is -2.31. The third-order valence-electron chi connectivity index (χ3n) is 2.44. The maximum absolute atomic E-state index is 10.9. The summed E-state index contributed by atoms with van der Waals surface area (Å²) in [5.41, 5.74) is 1.10. The van der Waals surface area contributed by atoms with Crippen molar-refractivity contribution in [2.45, 2.75) is 26.3 Å². The Hall–Kier alpha value is -1.71. The van der Waals surface area contributed by atoms with Gasteiger partial charge in [0.25, 0.3) is 0 Å². The van der Waals surface area contributed by atoms with Gasteiger partial charge in [0.2, 0.25) is 5.91 Å². The molecule has 4 heteroatoms. The second-order valence-corrected chi connectivity index (χ2v) is 4.00. The maximum atomic E-state index is 10.9. The number of hydrogen-bond acceptors (Lipinski definition) is 3. The number of nitrogens with one attached hydrogen (secondary N) is 1. The van der Waals surface area contributed by atoms with Gasteiger partial charge in [0.15, 0.2) is 11.5 Å². The molecule has 0 heterocycles. The first kappa shape index (κ1) is 13.4. The van der Waals surface area contributed by atoms with Crippen LogP contribution in [0.5, 0.6) is 11.5 Å². The van der Waals surface area contributed by atoms with Crippen LogP contribution in [0.4, 0.5) is 0 Å². The van der Waals surface area contributed by atoms with Crippen molar-refractivity contribution in [2.75, 3.05) is 14.2 Å². The minimum Gasteiger partial charge on any atom is -0.493 e. The predicted molar refractivity (Wildman–Crippen MR) is 66.5 cm³/mol. The Kier molecular flexibility index (Phi) is 4.82. The van der Waals surface area contributed by atoms with E-state index in [0.29, 0.717) is 11.5 Å². The van der Waals surface area contributed by atoms with Crippen LogP contribution >= 0.6 is 0 Å². The second kappa shape index (κ2) is 6.13. The molecule has 94 valence electrons. The van der Waals surface area contributed by atoms with E-state index in [-0.39, 0.29) is 11.9 Å². The minimum atomic E-state index is -0.0158. The first-order valence-electron chi connectivity index (χ1n) is 5.54. The van der Waals surface area contributed by atoms with Crippen molar-refractivity contribution in [1.82, 2.24) is 5.32 Å². The molecule has 0 saturated heterocycles. The fourth-order valence-electron chi connectivity index (χ4n) is 1.76. The van der Waals surface area contributed by atoms with Crippen LogP contribution in [-0.2, 0) is 11.2 Å². The molecule has 1 amide bonds. The lowest BCUT2D eigenvalue weighted by Gasteiger charge is -2.14. The number of benzene rings is 1. The number of amides is 1. The average molecular weight is 237 g/mol. The van der Waals surface area contributed by atoms with Gasteiger partial charge in [-0.3, -0.25) is 4.79 Å². The average Bonchev–Trinajstić information content (AvgIpc) is 2.27. The third kappa shape index (κ3) is 3.98. The molecule has 1 atom stereocenters. The highest BCUT2D eigenvalue weighted by Crippen LogP contribution is 2.27. The summed E-state index contributed by atoms with van der Waals surface area (Å²) in [5, 5.41) is 2.85. The Labute approximate surface area is 102 Å². The van der Waals surface area contributed by atoms with Gasteiger partial charge in [-0.05, 0) is 31.0 Å². The fourth-order valence-corrected chi connectivity index (χ4v) is 1.76. The van der Waals surface area contributed by atoms with Gasteiger partial charge in [-0.1, -0.05) is 6.07 Å². The van der Waals surface area contributed by atoms with Crippen molar-refractivity contribution in [3.8, 4) is 11.5 Å². The van der Waals surface area contributed by atoms with E-state index < -0.39 is 0 Å². The molecule has 0 spiro atoms. The van der Waals surface area contributed by atoms with Crippen LogP contribution in [0.1, 0.15) is 19.4 Å². The summed E-state index contributed by atoms with van der Waals surface area (Å²) in [5.74, 6) is 1.40. The van der Waals surface area contributed by atoms with Gasteiger partial charge in [-0.2, -0.15) is 0 Å². The van der Waals surface area contributed by atoms with Crippen LogP contribution in [0.25, 0.3) is 0 Å². The summed E-state index contributed by atoms with van der Waals surface area (Å²) >= 11 is 0. The first-order valence-corrected chi connectivity index (χ1v) is 5.54. The van der Waals surface area contributed by atoms with Crippen molar-refractivity contribution < 1.29 is 14.3 Å². The van der Waals surface area contributed by atoms with Crippen molar-refractivity contribution in [3.05, 3.63) is 23.8 Å². The summed E-state index contributed by atoms with van der Waals surface area (Å²) in [6.07, 6.45) is 0.764. The van der Waals surface area contributed by atoms with Crippen molar-refractivity contribution >= 4 is 5.91 Å². The summed E-state index contributed by atoms with van der Waals surface area (Å²) in [7, 11) is 3.22. The Morgan fingerprint density at radius 3 is 2.47 bits per heavy atom. The topological polar surface area (TPSA) is 47.6 Å². The highest BCUT2D eigenvalue weighted by molar-refractivity contribution is 5.73. The molecule has 0 aliphatic rings. The van der Waals surface area contributed by atoms with Gasteiger partial charge in [-0.15, -0.1) is 0 Å². The molecule has 4 nitrogen and oxygen atoms in total. The van der Waals surface area contributed by atoms with Crippen LogP contribution in [0.15, 0.2) is 18.2 Å². The van der Waals surface area contributed by atoms with Gasteiger partial charge in [-0.25, -0.2) is 0 Å². The van der Waals surface area contributed by atoms with E-state index in [4.69, 9.17) is 9.47 Å². The molecule has 1 unspecified atom stereocenters. The van der Waals surface area contributed by atoms with Gasteiger partial charge in [0.1, 0.15) is 0 Å². The Morgan fingerprint density at radius 1 is 1.29 bits per heavy atom. The third-order valence-corrected chi connectivity index (χ3v) is 2.44. The SMILES string of the molecule is COc1ccc(CC(C)NC(C)=O)cc1OC. The van der Waals surface area contributed by atoms with Gasteiger partial charge in [0.05, 0.1) is 14.2 Å². The smallest absolute Gasteiger partial charge is 0.217 e. The quantitative estimate of drug-likeness (QED) is 0.849. The Bertz CT molecular complexity index is 390. The van der Waals surface area contributed by atoms with Crippen molar-refractivity contribution in [2.24, 2.45) is 0 Å². The summed E-state index contributed by atoms with van der Waals surface area (Å²) in [6, 6.07) is 5.87. The molecular weight excluding hydrogens is 218 g/mol. The zero-order valence-corrected chi connectivity index (χ0v) is 10.7. The van der Waals surface area contributed by atoms with E-state index in [9.17, 15) is 4.79 Å². The van der Waals surface area contributed by atoms with Crippen molar-refractivity contribution in [3.63, 3.8) is 0 Å². The number of hydrogen-bond donors (Lipinski definition) is 1. The lowest BCUT2D eigenvalue weighted by atomic mass is 10.1. The monoisotopic (exact) mass is 237 g/mol. The molecule has 1 rings (SSSR count). The number of rotatable bonds is 5. The number of ether oxygens (including phenoxy) is 2. The first-order chi connectivity index (χ1) is 8.06. The second-order valence-electron chi connectivity index (χ2n) is 4.00. The number of carbonyl (C=O) groups is 1. The number of methoxy groups -OCH3 is 2. The highest BCUT2D eigenvalue weighted by atomic mass is 16.5. The highest BCUT2D eigenvalue weighted by Gasteiger charge is 2.08. The molecule has 1 aromatic rings. The van der Waals surface area contributed by atoms with Crippen LogP contribution in [0.3, 0.4) is 0 Å². The standard InChI is InChI=1S/C13H19NO3/c1-9(14-10(2)15)7-11-5-6-12(16-3)13(8-11)17-4/h5-6,8-9H,7H2,1-4H3,(H,14,15). The van der Waals surface area contributed by atoms with Crippen molar-refractivity contribution in [1.29, 1.82) is 0 Å². The molecule has 0 aliphatic heterocycles. The molecule has 1 aromatic carbocycles. The molecule has 0 bridgehead atoms. The van der Waals surface area contributed by atoms with Gasteiger partial charge < -0.3 is 14.8 Å². The van der Waals surface area contributed by atoms with Crippen LogP contribution < -0.4 is 14.8 Å². The lowest BCUT2D eigenvalue weighted by molar-refractivity contribution is -0.119. The largest absolute Gasteiger partial charge is 0.493 e. The maximum Gasteiger partial charge on any atom is 0.217 e. The van der Waals surface area contributed by atoms with E-state index in [1.54, 1.807) is 14.2 Å². The molecule has 0 radical (unpaired) electrons. The van der Waals surface area contributed by atoms with Crippen LogP contribution in [0.2, 0.25) is 0 Å².